The van der Waals surface area contributed by atoms with Crippen LogP contribution in [0, 0.1) is 6.92 Å². The zero-order valence-corrected chi connectivity index (χ0v) is 14.4. The van der Waals surface area contributed by atoms with Crippen molar-refractivity contribution in [1.82, 2.24) is 15.5 Å². The zero-order chi connectivity index (χ0) is 22.1. The predicted molar refractivity (Wildman–Crippen MR) is 83.4 cm³/mol. The van der Waals surface area contributed by atoms with Crippen molar-refractivity contribution in [2.24, 2.45) is 0 Å². The van der Waals surface area contributed by atoms with Gasteiger partial charge in [0.05, 0.1) is 5.69 Å². The predicted octanol–water partition coefficient (Wildman–Crippen LogP) is 2.10. The van der Waals surface area contributed by atoms with Crippen molar-refractivity contribution in [2.45, 2.75) is 38.0 Å². The van der Waals surface area contributed by atoms with Crippen molar-refractivity contribution in [3.05, 3.63) is 17.3 Å². The number of aliphatic carboxylic acids is 2. The summed E-state index contributed by atoms with van der Waals surface area (Å²) in [6.45, 7) is 4.22. The van der Waals surface area contributed by atoms with E-state index in [1.54, 1.807) is 0 Å². The van der Waals surface area contributed by atoms with Crippen LogP contribution in [0.5, 0.6) is 0 Å². The molecule has 1 aliphatic rings. The Hall–Kier alpha value is -2.64. The lowest BCUT2D eigenvalue weighted by Gasteiger charge is -2.22. The lowest BCUT2D eigenvalue weighted by molar-refractivity contribution is -0.193. The van der Waals surface area contributed by atoms with Gasteiger partial charge in [-0.15, -0.1) is 5.10 Å². The number of nitrogens with one attached hydrogen (secondary N) is 1. The van der Waals surface area contributed by atoms with Gasteiger partial charge in [0.2, 0.25) is 0 Å². The number of nitrogen functional groups attached to an aromatic ring is 1. The maximum absolute atomic E-state index is 10.6. The number of piperidine rings is 1. The van der Waals surface area contributed by atoms with Crippen LogP contribution in [0.15, 0.2) is 6.07 Å². The third kappa shape index (κ3) is 9.89. The fourth-order valence-electron chi connectivity index (χ4n) is 2.01. The molecule has 8 nitrogen and oxygen atoms in total. The number of halogens is 6. The molecule has 0 aliphatic carbocycles. The van der Waals surface area contributed by atoms with E-state index in [0.29, 0.717) is 11.7 Å². The molecule has 1 fully saturated rings. The van der Waals surface area contributed by atoms with Gasteiger partial charge in [-0.1, -0.05) is 0 Å². The molecule has 0 spiro atoms. The molecule has 0 amide bonds. The fraction of sp³-hybridized carbons (Fsp3) is 0.571. The highest BCUT2D eigenvalue weighted by molar-refractivity contribution is 5.73. The molecule has 0 unspecified atom stereocenters. The van der Waals surface area contributed by atoms with Crippen LogP contribution >= 0.6 is 0 Å². The Morgan fingerprint density at radius 2 is 1.43 bits per heavy atom. The van der Waals surface area contributed by atoms with Gasteiger partial charge in [0.15, 0.2) is 0 Å². The number of carboxylic acid groups (broad SMARTS) is 2. The summed E-state index contributed by atoms with van der Waals surface area (Å²) in [5.74, 6) is -4.44. The highest BCUT2D eigenvalue weighted by atomic mass is 19.4. The zero-order valence-electron chi connectivity index (χ0n) is 14.4. The first-order chi connectivity index (χ1) is 12.7. The molecule has 1 saturated heterocycles. The van der Waals surface area contributed by atoms with Gasteiger partial charge in [0.1, 0.15) is 5.82 Å². The van der Waals surface area contributed by atoms with Crippen LogP contribution < -0.4 is 11.1 Å². The quantitative estimate of drug-likeness (QED) is 0.507. The number of carbonyl (C=O) groups is 2. The lowest BCUT2D eigenvalue weighted by atomic mass is 9.92. The minimum absolute atomic E-state index is 0.514. The van der Waals surface area contributed by atoms with E-state index in [1.165, 1.54) is 5.56 Å². The van der Waals surface area contributed by atoms with Crippen molar-refractivity contribution in [2.75, 3.05) is 18.8 Å². The summed E-state index contributed by atoms with van der Waals surface area (Å²) in [7, 11) is 0. The van der Waals surface area contributed by atoms with Crippen LogP contribution in [0.4, 0.5) is 32.2 Å². The van der Waals surface area contributed by atoms with Gasteiger partial charge in [-0.25, -0.2) is 9.59 Å². The minimum Gasteiger partial charge on any atom is -0.475 e. The number of aryl methyl sites for hydroxylation is 1. The maximum Gasteiger partial charge on any atom is 0.490 e. The third-order valence-corrected chi connectivity index (χ3v) is 3.25. The van der Waals surface area contributed by atoms with Crippen LogP contribution in [0.2, 0.25) is 0 Å². The standard InChI is InChI=1S/C10H16N4.2C2HF3O2/c1-7-6-9(11)13-14-10(7)8-2-4-12-5-3-8;2*3-2(4,5)1(6)7/h6,8,12H,2-5H2,1H3,(H2,11,13);2*(H,6,7). The minimum atomic E-state index is -5.08. The Bertz CT molecular complexity index is 636. The number of nitrogens with two attached hydrogens (primary N) is 1. The van der Waals surface area contributed by atoms with Gasteiger partial charge in [-0.05, 0) is 44.5 Å². The highest BCUT2D eigenvalue weighted by Gasteiger charge is 2.38. The summed E-state index contributed by atoms with van der Waals surface area (Å²) in [6.07, 6.45) is -7.86. The third-order valence-electron chi connectivity index (χ3n) is 3.25. The molecule has 5 N–H and O–H groups in total. The van der Waals surface area contributed by atoms with E-state index in [1.807, 2.05) is 6.07 Å². The van der Waals surface area contributed by atoms with Gasteiger partial charge >= 0.3 is 24.3 Å². The number of alkyl halides is 6. The van der Waals surface area contributed by atoms with Crippen LogP contribution in [0.3, 0.4) is 0 Å². The van der Waals surface area contributed by atoms with Crippen LogP contribution in [0.1, 0.15) is 30.0 Å². The first-order valence-corrected chi connectivity index (χ1v) is 7.56. The Labute approximate surface area is 154 Å². The van der Waals surface area contributed by atoms with Crippen LogP contribution in [0.25, 0.3) is 0 Å². The molecule has 1 aliphatic heterocycles. The maximum atomic E-state index is 10.6. The number of nitrogens with zero attached hydrogens (tertiary/aromatic N) is 2. The normalized spacial score (nSPS) is 14.8. The fourth-order valence-corrected chi connectivity index (χ4v) is 2.01. The molecule has 0 saturated carbocycles. The second kappa shape index (κ2) is 10.6. The second-order valence-corrected chi connectivity index (χ2v) is 5.47. The summed E-state index contributed by atoms with van der Waals surface area (Å²) in [5, 5.41) is 25.7. The molecule has 0 atom stereocenters. The average molecular weight is 420 g/mol. The van der Waals surface area contributed by atoms with Crippen molar-refractivity contribution in [3.63, 3.8) is 0 Å². The molecular formula is C14H18F6N4O4. The molecule has 0 aromatic carbocycles. The number of rotatable bonds is 1. The highest BCUT2D eigenvalue weighted by Crippen LogP contribution is 2.25. The number of hydrogen-bond acceptors (Lipinski definition) is 6. The molecule has 1 aromatic rings. The summed E-state index contributed by atoms with van der Waals surface area (Å²) < 4.78 is 63.5. The summed E-state index contributed by atoms with van der Waals surface area (Å²) in [4.78, 5) is 17.8. The van der Waals surface area contributed by atoms with Crippen molar-refractivity contribution >= 4 is 17.8 Å². The van der Waals surface area contributed by atoms with Gasteiger partial charge in [0.25, 0.3) is 0 Å². The molecule has 1 aromatic heterocycles. The Morgan fingerprint density at radius 3 is 1.75 bits per heavy atom. The molecule has 2 heterocycles. The van der Waals surface area contributed by atoms with E-state index in [4.69, 9.17) is 25.5 Å². The van der Waals surface area contributed by atoms with E-state index in [2.05, 4.69) is 22.4 Å². The molecule has 160 valence electrons. The number of anilines is 1. The number of hydrogen-bond donors (Lipinski definition) is 4. The summed E-state index contributed by atoms with van der Waals surface area (Å²) in [5.41, 5.74) is 7.87. The topological polar surface area (TPSA) is 138 Å². The average Bonchev–Trinajstić information content (AvgIpc) is 2.55. The second-order valence-electron chi connectivity index (χ2n) is 5.47. The van der Waals surface area contributed by atoms with E-state index in [9.17, 15) is 26.3 Å². The van der Waals surface area contributed by atoms with Crippen LogP contribution in [-0.2, 0) is 9.59 Å². The molecule has 0 radical (unpaired) electrons. The van der Waals surface area contributed by atoms with Crippen molar-refractivity contribution in [3.8, 4) is 0 Å². The largest absolute Gasteiger partial charge is 0.490 e. The first-order valence-electron chi connectivity index (χ1n) is 7.56. The smallest absolute Gasteiger partial charge is 0.475 e. The van der Waals surface area contributed by atoms with Crippen molar-refractivity contribution < 1.29 is 46.1 Å². The molecule has 14 heteroatoms. The summed E-state index contributed by atoms with van der Waals surface area (Å²) >= 11 is 0. The first kappa shape index (κ1) is 25.4. The Balaban J connectivity index is 0.000000444. The molecule has 28 heavy (non-hydrogen) atoms. The Morgan fingerprint density at radius 1 is 1.04 bits per heavy atom. The van der Waals surface area contributed by atoms with E-state index in [-0.39, 0.29) is 0 Å². The van der Waals surface area contributed by atoms with E-state index >= 15 is 0 Å². The van der Waals surface area contributed by atoms with Crippen molar-refractivity contribution in [1.29, 1.82) is 0 Å². The lowest BCUT2D eigenvalue weighted by Crippen LogP contribution is -2.27. The Kier molecular flexibility index (Phi) is 9.63. The van der Waals surface area contributed by atoms with Gasteiger partial charge in [-0.2, -0.15) is 31.4 Å². The van der Waals surface area contributed by atoms with Crippen LogP contribution in [-0.4, -0.2) is 57.8 Å². The van der Waals surface area contributed by atoms with Gasteiger partial charge in [0, 0.05) is 5.92 Å². The monoisotopic (exact) mass is 420 g/mol. The number of carboxylic acids is 2. The molecule has 0 bridgehead atoms. The molecular weight excluding hydrogens is 402 g/mol. The summed E-state index contributed by atoms with van der Waals surface area (Å²) in [6, 6.07) is 1.91. The molecule has 2 rings (SSSR count). The van der Waals surface area contributed by atoms with Gasteiger partial charge in [-0.3, -0.25) is 0 Å². The SMILES string of the molecule is Cc1cc(N)nnc1C1CCNCC1.O=C(O)C(F)(F)F.O=C(O)C(F)(F)F. The number of aromatic nitrogens is 2. The van der Waals surface area contributed by atoms with E-state index < -0.39 is 24.3 Å². The van der Waals surface area contributed by atoms with E-state index in [0.717, 1.165) is 31.6 Å². The van der Waals surface area contributed by atoms with Gasteiger partial charge < -0.3 is 21.3 Å².